The molecule has 0 amide bonds. The third-order valence-corrected chi connectivity index (χ3v) is 6.09. The van der Waals surface area contributed by atoms with E-state index in [1.54, 1.807) is 0 Å². The predicted molar refractivity (Wildman–Crippen MR) is 127 cm³/mol. The number of hydrogen-bond acceptors (Lipinski definition) is 0. The molecule has 2 nitrogen and oxygen atoms in total. The number of aromatic nitrogens is 2. The van der Waals surface area contributed by atoms with Crippen LogP contribution in [0.1, 0.15) is 11.1 Å². The second-order valence-corrected chi connectivity index (χ2v) is 8.15. The minimum absolute atomic E-state index is 0. The molecule has 0 atom stereocenters. The van der Waals surface area contributed by atoms with Crippen LogP contribution in [0.4, 0.5) is 0 Å². The Bertz CT molecular complexity index is 1560. The summed E-state index contributed by atoms with van der Waals surface area (Å²) >= 11 is 0. The number of nitrogens with zero attached hydrogens (tertiary/aromatic N) is 2. The number of fused-ring (bicyclic) bond motifs is 3. The van der Waals surface area contributed by atoms with E-state index in [1.807, 2.05) is 0 Å². The normalized spacial score (nSPS) is 11.2. The van der Waals surface area contributed by atoms with Gasteiger partial charge in [-0.25, -0.2) is 0 Å². The summed E-state index contributed by atoms with van der Waals surface area (Å²) in [7, 11) is 0. The molecule has 0 aliphatic rings. The van der Waals surface area contributed by atoms with Crippen molar-refractivity contribution in [1.82, 2.24) is 4.40 Å². The van der Waals surface area contributed by atoms with Crippen molar-refractivity contribution in [1.29, 1.82) is 0 Å². The molecule has 3 heteroatoms. The van der Waals surface area contributed by atoms with Crippen LogP contribution in [-0.2, 0) is 28.9 Å². The van der Waals surface area contributed by atoms with Gasteiger partial charge in [-0.15, -0.1) is 6.07 Å². The fraction of sp³-hybridized carbons (Fsp3) is 0.0690. The molecule has 0 saturated heterocycles. The van der Waals surface area contributed by atoms with Crippen molar-refractivity contribution in [2.24, 2.45) is 0 Å². The van der Waals surface area contributed by atoms with E-state index in [1.165, 1.54) is 43.9 Å². The summed E-state index contributed by atoms with van der Waals surface area (Å²) in [5, 5.41) is 5.03. The molecular weight excluding hydrogens is 484 g/mol. The molecule has 0 spiro atoms. The Morgan fingerprint density at radius 3 is 2.25 bits per heavy atom. The molecule has 0 radical (unpaired) electrons. The summed E-state index contributed by atoms with van der Waals surface area (Å²) in [5.74, 6) is 0. The number of rotatable bonds is 3. The predicted octanol–water partition coefficient (Wildman–Crippen LogP) is 6.35. The van der Waals surface area contributed by atoms with Gasteiger partial charge < -0.3 is 4.57 Å². The van der Waals surface area contributed by atoms with Crippen molar-refractivity contribution >= 4 is 27.1 Å². The van der Waals surface area contributed by atoms with Crippen LogP contribution in [0.5, 0.6) is 0 Å². The fourth-order valence-corrected chi connectivity index (χ4v) is 4.64. The number of hydrogen-bond donors (Lipinski definition) is 0. The zero-order valence-electron chi connectivity index (χ0n) is 17.7. The van der Waals surface area contributed by atoms with E-state index in [-0.39, 0.29) is 22.4 Å². The van der Waals surface area contributed by atoms with E-state index < -0.39 is 0 Å². The van der Waals surface area contributed by atoms with Crippen LogP contribution in [0.2, 0.25) is 0 Å². The van der Waals surface area contributed by atoms with Crippen LogP contribution in [-0.4, -0.2) is 4.40 Å². The Kier molecular flexibility index (Phi) is 5.44. The van der Waals surface area contributed by atoms with Gasteiger partial charge in [0.05, 0.1) is 18.3 Å². The fourth-order valence-electron chi connectivity index (χ4n) is 4.64. The Labute approximate surface area is 203 Å². The summed E-state index contributed by atoms with van der Waals surface area (Å²) in [6.07, 6.45) is 5.78. The van der Waals surface area contributed by atoms with Crippen molar-refractivity contribution in [3.8, 4) is 11.3 Å². The first-order valence-electron chi connectivity index (χ1n) is 10.7. The van der Waals surface area contributed by atoms with Gasteiger partial charge >= 0.3 is 22.4 Å². The van der Waals surface area contributed by atoms with Crippen LogP contribution in [0.3, 0.4) is 0 Å². The number of benzene rings is 4. The van der Waals surface area contributed by atoms with Crippen LogP contribution in [0.25, 0.3) is 38.3 Å². The van der Waals surface area contributed by atoms with Gasteiger partial charge in [-0.3, -0.25) is 4.40 Å². The zero-order valence-corrected chi connectivity index (χ0v) is 19.2. The molecule has 0 bridgehead atoms. The average Bonchev–Trinajstić information content (AvgIpc) is 3.20. The third kappa shape index (κ3) is 3.47. The molecule has 0 fully saturated rings. The summed E-state index contributed by atoms with van der Waals surface area (Å²) < 4.78 is 4.47. The summed E-state index contributed by atoms with van der Waals surface area (Å²) in [6.45, 7) is 3.01. The molecule has 0 N–H and O–H groups in total. The van der Waals surface area contributed by atoms with E-state index >= 15 is 0 Å². The first-order chi connectivity index (χ1) is 15.3. The van der Waals surface area contributed by atoms with E-state index in [2.05, 4.69) is 125 Å². The van der Waals surface area contributed by atoms with Crippen molar-refractivity contribution in [3.05, 3.63) is 121 Å². The average molecular weight is 506 g/mol. The topological polar surface area (TPSA) is 8.29 Å². The molecule has 0 unspecified atom stereocenters. The molecule has 4 aromatic carbocycles. The third-order valence-electron chi connectivity index (χ3n) is 6.09. The van der Waals surface area contributed by atoms with Gasteiger partial charge in [-0.05, 0) is 28.8 Å². The van der Waals surface area contributed by atoms with Crippen LogP contribution >= 0.6 is 0 Å². The molecule has 6 rings (SSSR count). The maximum Gasteiger partial charge on any atom is 1.00 e. The number of imidazole rings is 1. The van der Waals surface area contributed by atoms with Crippen molar-refractivity contribution in [2.45, 2.75) is 13.5 Å². The first-order valence-corrected chi connectivity index (χ1v) is 10.7. The molecule has 0 aliphatic carbocycles. The second-order valence-electron chi connectivity index (χ2n) is 8.15. The van der Waals surface area contributed by atoms with Gasteiger partial charge in [0.25, 0.3) is 0 Å². The van der Waals surface area contributed by atoms with Gasteiger partial charge in [0.15, 0.2) is 6.33 Å². The van der Waals surface area contributed by atoms with E-state index in [9.17, 15) is 0 Å². The minimum atomic E-state index is 0. The van der Waals surface area contributed by atoms with Crippen LogP contribution in [0, 0.1) is 13.1 Å². The largest absolute Gasteiger partial charge is 1.00 e. The maximum absolute atomic E-state index is 3.59. The van der Waals surface area contributed by atoms with Crippen molar-refractivity contribution < 1.29 is 26.9 Å². The second kappa shape index (κ2) is 8.40. The molecule has 0 saturated carbocycles. The Morgan fingerprint density at radius 1 is 0.750 bits per heavy atom. The molecule has 6 aromatic rings. The molecule has 0 aliphatic heterocycles. The molecule has 2 aromatic heterocycles. The first kappa shape index (κ1) is 20.7. The Balaban J connectivity index is 0.00000216. The Morgan fingerprint density at radius 2 is 1.44 bits per heavy atom. The standard InChI is InChI=1S/C29H22N2.Ag/c1-21-15-16-23-11-5-7-13-26(23)28(21)29-27-14-8-6-12-24(27)17-25-19-30(20-31(25)29)18-22-9-3-2-4-10-22;/h2-17,20H,18H2,1H3;/q;+1. The molecular formula is C29H22AgN2+. The number of aryl methyl sites for hydroxylation is 1. The van der Waals surface area contributed by atoms with Gasteiger partial charge in [0.1, 0.15) is 5.69 Å². The molecule has 32 heavy (non-hydrogen) atoms. The van der Waals surface area contributed by atoms with Crippen molar-refractivity contribution in [2.75, 3.05) is 0 Å². The molecule has 158 valence electrons. The van der Waals surface area contributed by atoms with Gasteiger partial charge in [0.2, 0.25) is 0 Å². The zero-order chi connectivity index (χ0) is 20.8. The van der Waals surface area contributed by atoms with Gasteiger partial charge in [-0.1, -0.05) is 96.4 Å². The van der Waals surface area contributed by atoms with Crippen LogP contribution < -0.4 is 4.57 Å². The van der Waals surface area contributed by atoms with Crippen molar-refractivity contribution in [3.63, 3.8) is 0 Å². The van der Waals surface area contributed by atoms with E-state index in [4.69, 9.17) is 0 Å². The maximum atomic E-state index is 3.59. The van der Waals surface area contributed by atoms with Gasteiger partial charge in [-0.2, -0.15) is 0 Å². The Hall–Kier alpha value is -3.17. The monoisotopic (exact) mass is 505 g/mol. The number of pyridine rings is 1. The summed E-state index contributed by atoms with van der Waals surface area (Å²) in [4.78, 5) is 0. The SMILES string of the molecule is Cc1ccc2ccccc2c1-c1c2ccccc2cc2[c-][n+](Cc3ccccc3)cn12.[Ag+]. The summed E-state index contributed by atoms with van der Waals surface area (Å²) in [5.41, 5.74) is 6.14. The van der Waals surface area contributed by atoms with Crippen LogP contribution in [0.15, 0.2) is 103 Å². The smallest absolute Gasteiger partial charge is 0.338 e. The molecule has 2 heterocycles. The summed E-state index contributed by atoms with van der Waals surface area (Å²) in [6, 6.07) is 34.6. The van der Waals surface area contributed by atoms with E-state index in [0.717, 1.165) is 12.1 Å². The van der Waals surface area contributed by atoms with E-state index in [0.29, 0.717) is 0 Å². The quantitative estimate of drug-likeness (QED) is 0.150. The minimum Gasteiger partial charge on any atom is -0.338 e. The van der Waals surface area contributed by atoms with Gasteiger partial charge in [0, 0.05) is 10.9 Å².